The molecule has 0 radical (unpaired) electrons. The number of halogens is 2. The van der Waals surface area contributed by atoms with Gasteiger partial charge in [0.1, 0.15) is 10.2 Å². The molecule has 4 rings (SSSR count). The fourth-order valence-corrected chi connectivity index (χ4v) is 5.43. The number of aromatic nitrogens is 4. The van der Waals surface area contributed by atoms with Gasteiger partial charge in [0.05, 0.1) is 28.3 Å². The zero-order valence-electron chi connectivity index (χ0n) is 18.9. The fraction of sp³-hybridized carbons (Fsp3) is 0.261. The van der Waals surface area contributed by atoms with Gasteiger partial charge in [0.15, 0.2) is 12.2 Å². The molecule has 8 nitrogen and oxygen atoms in total. The average Bonchev–Trinajstić information content (AvgIpc) is 3.55. The second kappa shape index (κ2) is 10.1. The monoisotopic (exact) mass is 550 g/mol. The third-order valence-corrected chi connectivity index (χ3v) is 7.69. The topological polar surface area (TPSA) is 100.0 Å². The van der Waals surface area contributed by atoms with E-state index in [1.807, 2.05) is 12.1 Å². The number of rotatable bonds is 7. The quantitative estimate of drug-likeness (QED) is 0.159. The van der Waals surface area contributed by atoms with E-state index >= 15 is 0 Å². The van der Waals surface area contributed by atoms with E-state index in [1.165, 1.54) is 46.1 Å². The molecule has 0 amide bonds. The Bertz CT molecular complexity index is 1450. The van der Waals surface area contributed by atoms with E-state index in [-0.39, 0.29) is 28.9 Å². The lowest BCUT2D eigenvalue weighted by molar-refractivity contribution is 0.0736. The highest BCUT2D eigenvalue weighted by Gasteiger charge is 2.28. The maximum absolute atomic E-state index is 13.3. The van der Waals surface area contributed by atoms with Crippen molar-refractivity contribution in [3.05, 3.63) is 73.4 Å². The Balaban J connectivity index is 1.72. The van der Waals surface area contributed by atoms with Crippen molar-refractivity contribution in [3.63, 3.8) is 0 Å². The molecule has 0 atom stereocenters. The molecule has 4 aromatic rings. The predicted molar refractivity (Wildman–Crippen MR) is 137 cm³/mol. The van der Waals surface area contributed by atoms with E-state index in [1.54, 1.807) is 26.8 Å². The molecule has 0 saturated heterocycles. The van der Waals surface area contributed by atoms with Gasteiger partial charge in [-0.2, -0.15) is 9.78 Å². The van der Waals surface area contributed by atoms with Crippen LogP contribution in [-0.2, 0) is 12.3 Å². The second-order valence-corrected chi connectivity index (χ2v) is 11.8. The van der Waals surface area contributed by atoms with E-state index in [9.17, 15) is 14.4 Å². The molecule has 0 bridgehead atoms. The van der Waals surface area contributed by atoms with E-state index in [4.69, 9.17) is 27.6 Å². The van der Waals surface area contributed by atoms with Crippen LogP contribution in [0.3, 0.4) is 0 Å². The van der Waals surface area contributed by atoms with Crippen molar-refractivity contribution >= 4 is 58.0 Å². The molecule has 12 heteroatoms. The molecule has 35 heavy (non-hydrogen) atoms. The molecule has 0 aliphatic heterocycles. The summed E-state index contributed by atoms with van der Waals surface area (Å²) >= 11 is 15.1. The summed E-state index contributed by atoms with van der Waals surface area (Å²) < 4.78 is 8.16. The molecule has 4 heterocycles. The number of thiophene rings is 1. The number of carbonyl (C=O) groups excluding carboxylic acids is 2. The first-order valence-corrected chi connectivity index (χ1v) is 12.9. The number of pyridine rings is 1. The zero-order valence-corrected chi connectivity index (χ0v) is 22.1. The first-order chi connectivity index (χ1) is 16.5. The van der Waals surface area contributed by atoms with Gasteiger partial charge in [0.2, 0.25) is 5.78 Å². The normalized spacial score (nSPS) is 11.7. The Labute approximate surface area is 218 Å². The standard InChI is InChI=1S/C23H20Cl2N4O4S2/c1-23(2,3)22(32)29-20(34-11-13-4-7-19(25)35-13)8-15(27-29)14-5-6-18(24)28(21(14)31)10-16(30)17-9-26-12-33-17/h4-9,12H,10-11H2,1-3H3. The van der Waals surface area contributed by atoms with Gasteiger partial charge in [0, 0.05) is 16.0 Å². The molecule has 0 unspecified atom stereocenters. The lowest BCUT2D eigenvalue weighted by Crippen LogP contribution is -2.28. The Hall–Kier alpha value is -2.66. The van der Waals surface area contributed by atoms with Gasteiger partial charge in [-0.1, -0.05) is 44.0 Å². The Morgan fingerprint density at radius 1 is 1.17 bits per heavy atom. The van der Waals surface area contributed by atoms with Crippen LogP contribution >= 0.6 is 46.3 Å². The van der Waals surface area contributed by atoms with Gasteiger partial charge in [-0.05, 0) is 30.3 Å². The number of hydrogen-bond donors (Lipinski definition) is 0. The number of nitrogens with zero attached hydrogens (tertiary/aromatic N) is 4. The Kier molecular flexibility index (Phi) is 7.37. The molecule has 0 aromatic carbocycles. The lowest BCUT2D eigenvalue weighted by Gasteiger charge is -2.17. The summed E-state index contributed by atoms with van der Waals surface area (Å²) in [5.41, 5.74) is -0.702. The van der Waals surface area contributed by atoms with Crippen molar-refractivity contribution in [1.82, 2.24) is 19.3 Å². The van der Waals surface area contributed by atoms with Crippen molar-refractivity contribution in [2.24, 2.45) is 5.41 Å². The first-order valence-electron chi connectivity index (χ1n) is 10.4. The van der Waals surface area contributed by atoms with Gasteiger partial charge >= 0.3 is 0 Å². The number of Topliss-reactive ketones (excluding diaryl/α,β-unsaturated/α-hetero) is 1. The molecule has 182 valence electrons. The van der Waals surface area contributed by atoms with Crippen LogP contribution in [0.5, 0.6) is 0 Å². The van der Waals surface area contributed by atoms with Gasteiger partial charge < -0.3 is 4.42 Å². The highest BCUT2D eigenvalue weighted by atomic mass is 35.5. The van der Waals surface area contributed by atoms with Gasteiger partial charge in [-0.15, -0.1) is 23.1 Å². The van der Waals surface area contributed by atoms with E-state index in [0.717, 1.165) is 15.8 Å². The van der Waals surface area contributed by atoms with Gasteiger partial charge in [0.25, 0.3) is 11.5 Å². The van der Waals surface area contributed by atoms with Crippen molar-refractivity contribution in [2.75, 3.05) is 0 Å². The molecule has 0 spiro atoms. The molecular weight excluding hydrogens is 531 g/mol. The van der Waals surface area contributed by atoms with Crippen LogP contribution < -0.4 is 5.56 Å². The van der Waals surface area contributed by atoms with Crippen LogP contribution in [0.15, 0.2) is 57.2 Å². The van der Waals surface area contributed by atoms with Gasteiger partial charge in [-0.3, -0.25) is 19.0 Å². The van der Waals surface area contributed by atoms with Crippen LogP contribution in [0.4, 0.5) is 0 Å². The summed E-state index contributed by atoms with van der Waals surface area (Å²) in [6.45, 7) is 5.07. The van der Waals surface area contributed by atoms with Crippen LogP contribution in [0.25, 0.3) is 11.3 Å². The molecular formula is C23H20Cl2N4O4S2. The van der Waals surface area contributed by atoms with Gasteiger partial charge in [-0.25, -0.2) is 4.98 Å². The predicted octanol–water partition coefficient (Wildman–Crippen LogP) is 5.93. The largest absolute Gasteiger partial charge is 0.440 e. The van der Waals surface area contributed by atoms with Crippen LogP contribution in [0, 0.1) is 5.41 Å². The molecule has 4 aromatic heterocycles. The molecule has 0 aliphatic rings. The highest BCUT2D eigenvalue weighted by Crippen LogP contribution is 2.32. The Morgan fingerprint density at radius 2 is 1.94 bits per heavy atom. The molecule has 0 saturated carbocycles. The summed E-state index contributed by atoms with van der Waals surface area (Å²) in [6, 6.07) is 8.48. The summed E-state index contributed by atoms with van der Waals surface area (Å²) in [4.78, 5) is 43.7. The highest BCUT2D eigenvalue weighted by molar-refractivity contribution is 7.98. The molecule has 0 fully saturated rings. The van der Waals surface area contributed by atoms with Crippen LogP contribution in [0.2, 0.25) is 9.49 Å². The number of thioether (sulfide) groups is 1. The first kappa shape index (κ1) is 25.4. The van der Waals surface area contributed by atoms with E-state index < -0.39 is 16.8 Å². The maximum Gasteiger partial charge on any atom is 0.261 e. The number of oxazole rings is 1. The van der Waals surface area contributed by atoms with Crippen LogP contribution in [-0.4, -0.2) is 31.0 Å². The lowest BCUT2D eigenvalue weighted by atomic mass is 9.96. The minimum atomic E-state index is -0.700. The minimum absolute atomic E-state index is 0.0192. The van der Waals surface area contributed by atoms with Crippen molar-refractivity contribution in [2.45, 2.75) is 38.1 Å². The fourth-order valence-electron chi connectivity index (χ4n) is 3.11. The summed E-state index contributed by atoms with van der Waals surface area (Å²) in [6.07, 6.45) is 2.41. The zero-order chi connectivity index (χ0) is 25.3. The summed E-state index contributed by atoms with van der Waals surface area (Å²) in [7, 11) is 0. The Morgan fingerprint density at radius 3 is 2.57 bits per heavy atom. The molecule has 0 N–H and O–H groups in total. The van der Waals surface area contributed by atoms with E-state index in [0.29, 0.717) is 20.8 Å². The molecule has 0 aliphatic carbocycles. The number of ketones is 1. The van der Waals surface area contributed by atoms with Crippen molar-refractivity contribution in [3.8, 4) is 11.3 Å². The smallest absolute Gasteiger partial charge is 0.261 e. The van der Waals surface area contributed by atoms with Crippen molar-refractivity contribution < 1.29 is 14.0 Å². The minimum Gasteiger partial charge on any atom is -0.440 e. The SMILES string of the molecule is CC(C)(C)C(=O)n1nc(-c2ccc(Cl)n(CC(=O)c3cnco3)c2=O)cc1SCc1ccc(Cl)s1. The van der Waals surface area contributed by atoms with Crippen LogP contribution in [0.1, 0.15) is 41.0 Å². The van der Waals surface area contributed by atoms with E-state index in [2.05, 4.69) is 10.1 Å². The summed E-state index contributed by atoms with van der Waals surface area (Å²) in [5.74, 6) is -0.0739. The summed E-state index contributed by atoms with van der Waals surface area (Å²) in [5, 5.41) is 5.15. The third-order valence-electron chi connectivity index (χ3n) is 4.91. The third kappa shape index (κ3) is 5.61. The maximum atomic E-state index is 13.3. The second-order valence-electron chi connectivity index (χ2n) is 8.58. The average molecular weight is 551 g/mol. The van der Waals surface area contributed by atoms with Crippen molar-refractivity contribution in [1.29, 1.82) is 0 Å². The number of hydrogen-bond acceptors (Lipinski definition) is 8. The number of carbonyl (C=O) groups is 2.